The van der Waals surface area contributed by atoms with Gasteiger partial charge in [-0.15, -0.1) is 0 Å². The van der Waals surface area contributed by atoms with E-state index >= 15 is 0 Å². The van der Waals surface area contributed by atoms with Crippen LogP contribution in [-0.2, 0) is 4.79 Å². The molecule has 1 fully saturated rings. The Labute approximate surface area is 173 Å². The van der Waals surface area contributed by atoms with Crippen LogP contribution in [0, 0.1) is 0 Å². The summed E-state index contributed by atoms with van der Waals surface area (Å²) in [6.45, 7) is 6.43. The average Bonchev–Trinajstić information content (AvgIpc) is 3.01. The molecule has 1 amide bonds. The Balaban J connectivity index is 1.81. The zero-order valence-electron chi connectivity index (χ0n) is 15.9. The largest absolute Gasteiger partial charge is 0.490 e. The number of likely N-dealkylation sites (N-methyl/N-ethyl adjacent to an activating group) is 1. The van der Waals surface area contributed by atoms with Gasteiger partial charge in [-0.3, -0.25) is 9.69 Å². The first-order valence-corrected chi connectivity index (χ1v) is 9.80. The van der Waals surface area contributed by atoms with E-state index < -0.39 is 5.97 Å². The van der Waals surface area contributed by atoms with Gasteiger partial charge in [0.05, 0.1) is 16.2 Å². The van der Waals surface area contributed by atoms with Gasteiger partial charge in [0.1, 0.15) is 12.4 Å². The number of nitrogens with zero attached hydrogens (tertiary/aromatic N) is 2. The van der Waals surface area contributed by atoms with Crippen molar-refractivity contribution in [1.29, 1.82) is 0 Å². The molecular weight excluding hydrogens is 388 g/mol. The number of thioether (sulfide) groups is 1. The van der Waals surface area contributed by atoms with Gasteiger partial charge in [0, 0.05) is 6.54 Å². The minimum absolute atomic E-state index is 0.106. The van der Waals surface area contributed by atoms with E-state index in [0.29, 0.717) is 28.9 Å². The number of carbonyl (C=O) groups is 2. The van der Waals surface area contributed by atoms with E-state index in [0.717, 1.165) is 11.3 Å². The number of hydrogen-bond acceptors (Lipinski definition) is 5. The standard InChI is InChI=1S/C22H20N2O4S/c1-3-13-28-18-11-5-15(6-12-18)14-19-20(25)24(4-2)22(29-19)23-17-9-7-16(8-10-17)21(26)27/h3,5-12,14H,1,4,13H2,2H3,(H,26,27)/b19-14-,23-22?. The Bertz CT molecular complexity index is 979. The lowest BCUT2D eigenvalue weighted by Crippen LogP contribution is -2.28. The van der Waals surface area contributed by atoms with E-state index in [1.54, 1.807) is 23.1 Å². The Hall–Kier alpha value is -3.32. The van der Waals surface area contributed by atoms with Crippen molar-refractivity contribution >= 4 is 40.6 Å². The molecule has 1 aliphatic rings. The zero-order valence-corrected chi connectivity index (χ0v) is 16.7. The molecule has 7 heteroatoms. The molecule has 2 aromatic rings. The number of aromatic carboxylic acids is 1. The normalized spacial score (nSPS) is 16.4. The Morgan fingerprint density at radius 3 is 2.48 bits per heavy atom. The molecule has 2 aromatic carbocycles. The van der Waals surface area contributed by atoms with Crippen LogP contribution < -0.4 is 4.74 Å². The molecule has 0 aromatic heterocycles. The minimum atomic E-state index is -0.990. The van der Waals surface area contributed by atoms with Crippen molar-refractivity contribution in [3.05, 3.63) is 77.2 Å². The van der Waals surface area contributed by atoms with Crippen LogP contribution in [0.2, 0.25) is 0 Å². The van der Waals surface area contributed by atoms with Gasteiger partial charge in [-0.2, -0.15) is 0 Å². The summed E-state index contributed by atoms with van der Waals surface area (Å²) in [6, 6.07) is 13.7. The summed E-state index contributed by atoms with van der Waals surface area (Å²) >= 11 is 1.30. The lowest BCUT2D eigenvalue weighted by Gasteiger charge is -2.12. The lowest BCUT2D eigenvalue weighted by atomic mass is 10.2. The minimum Gasteiger partial charge on any atom is -0.490 e. The SMILES string of the molecule is C=CCOc1ccc(/C=C2\SC(=Nc3ccc(C(=O)O)cc3)N(CC)C2=O)cc1. The highest BCUT2D eigenvalue weighted by Gasteiger charge is 2.32. The van der Waals surface area contributed by atoms with E-state index in [2.05, 4.69) is 11.6 Å². The second-order valence-electron chi connectivity index (χ2n) is 6.08. The monoisotopic (exact) mass is 408 g/mol. The molecule has 3 rings (SSSR count). The Morgan fingerprint density at radius 1 is 1.21 bits per heavy atom. The molecule has 0 bridgehead atoms. The molecule has 29 heavy (non-hydrogen) atoms. The summed E-state index contributed by atoms with van der Waals surface area (Å²) < 4.78 is 5.47. The Kier molecular flexibility index (Phi) is 6.51. The third-order valence-corrected chi connectivity index (χ3v) is 5.10. The zero-order chi connectivity index (χ0) is 20.8. The van der Waals surface area contributed by atoms with E-state index in [4.69, 9.17) is 9.84 Å². The van der Waals surface area contributed by atoms with Crippen molar-refractivity contribution in [3.8, 4) is 5.75 Å². The molecule has 1 saturated heterocycles. The lowest BCUT2D eigenvalue weighted by molar-refractivity contribution is -0.122. The topological polar surface area (TPSA) is 79.2 Å². The molecule has 6 nitrogen and oxygen atoms in total. The molecule has 0 atom stereocenters. The molecular formula is C22H20N2O4S. The first kappa shape index (κ1) is 20.4. The van der Waals surface area contributed by atoms with E-state index in [9.17, 15) is 9.59 Å². The van der Waals surface area contributed by atoms with Crippen LogP contribution in [0.4, 0.5) is 5.69 Å². The number of carboxylic acids is 1. The summed E-state index contributed by atoms with van der Waals surface area (Å²) in [5.41, 5.74) is 1.67. The van der Waals surface area contributed by atoms with Crippen LogP contribution in [0.3, 0.4) is 0 Å². The highest BCUT2D eigenvalue weighted by Crippen LogP contribution is 2.34. The molecule has 1 N–H and O–H groups in total. The van der Waals surface area contributed by atoms with Crippen LogP contribution in [0.25, 0.3) is 6.08 Å². The summed E-state index contributed by atoms with van der Waals surface area (Å²) in [6.07, 6.45) is 3.50. The molecule has 1 heterocycles. The Morgan fingerprint density at radius 2 is 1.90 bits per heavy atom. The van der Waals surface area contributed by atoms with Gasteiger partial charge in [0.15, 0.2) is 5.17 Å². The van der Waals surface area contributed by atoms with Gasteiger partial charge in [-0.05, 0) is 66.7 Å². The summed E-state index contributed by atoms with van der Waals surface area (Å²) in [5.74, 6) is -0.360. The van der Waals surface area contributed by atoms with Crippen LogP contribution in [0.15, 0.2) is 71.1 Å². The number of hydrogen-bond donors (Lipinski definition) is 1. The van der Waals surface area contributed by atoms with Crippen molar-refractivity contribution in [2.45, 2.75) is 6.92 Å². The van der Waals surface area contributed by atoms with Crippen molar-refractivity contribution < 1.29 is 19.4 Å². The molecule has 148 valence electrons. The third kappa shape index (κ3) is 4.94. The van der Waals surface area contributed by atoms with Gasteiger partial charge in [0.2, 0.25) is 0 Å². The highest BCUT2D eigenvalue weighted by atomic mass is 32.2. The third-order valence-electron chi connectivity index (χ3n) is 4.09. The average molecular weight is 408 g/mol. The maximum absolute atomic E-state index is 12.7. The number of amidine groups is 1. The van der Waals surface area contributed by atoms with E-state index in [-0.39, 0.29) is 11.5 Å². The highest BCUT2D eigenvalue weighted by molar-refractivity contribution is 8.18. The number of ether oxygens (including phenoxy) is 1. The van der Waals surface area contributed by atoms with Crippen LogP contribution in [-0.4, -0.2) is 40.2 Å². The van der Waals surface area contributed by atoms with Gasteiger partial charge in [0.25, 0.3) is 5.91 Å². The van der Waals surface area contributed by atoms with Crippen LogP contribution in [0.5, 0.6) is 5.75 Å². The molecule has 0 aliphatic carbocycles. The number of amides is 1. The first-order valence-electron chi connectivity index (χ1n) is 8.99. The van der Waals surface area contributed by atoms with Crippen molar-refractivity contribution in [2.75, 3.05) is 13.2 Å². The summed E-state index contributed by atoms with van der Waals surface area (Å²) in [7, 11) is 0. The van der Waals surface area contributed by atoms with Gasteiger partial charge >= 0.3 is 5.97 Å². The molecule has 1 aliphatic heterocycles. The van der Waals surface area contributed by atoms with Crippen LogP contribution >= 0.6 is 11.8 Å². The molecule has 0 radical (unpaired) electrons. The number of benzene rings is 2. The predicted octanol–water partition coefficient (Wildman–Crippen LogP) is 4.57. The van der Waals surface area contributed by atoms with Gasteiger partial charge in [-0.25, -0.2) is 9.79 Å². The fraction of sp³-hybridized carbons (Fsp3) is 0.136. The predicted molar refractivity (Wildman–Crippen MR) is 116 cm³/mol. The number of rotatable bonds is 7. The van der Waals surface area contributed by atoms with Gasteiger partial charge < -0.3 is 9.84 Å². The van der Waals surface area contributed by atoms with Crippen molar-refractivity contribution in [2.24, 2.45) is 4.99 Å². The fourth-order valence-corrected chi connectivity index (χ4v) is 3.69. The second-order valence-corrected chi connectivity index (χ2v) is 7.08. The van der Waals surface area contributed by atoms with Crippen molar-refractivity contribution in [1.82, 2.24) is 4.90 Å². The maximum atomic E-state index is 12.7. The first-order chi connectivity index (χ1) is 14.0. The molecule has 0 saturated carbocycles. The summed E-state index contributed by atoms with van der Waals surface area (Å²) in [4.78, 5) is 30.4. The number of aliphatic imine (C=N–C) groups is 1. The fourth-order valence-electron chi connectivity index (χ4n) is 2.63. The van der Waals surface area contributed by atoms with Crippen LogP contribution in [0.1, 0.15) is 22.8 Å². The molecule has 0 spiro atoms. The number of carboxylic acid groups (broad SMARTS) is 1. The summed E-state index contributed by atoms with van der Waals surface area (Å²) in [5, 5.41) is 9.56. The van der Waals surface area contributed by atoms with E-state index in [1.165, 1.54) is 23.9 Å². The van der Waals surface area contributed by atoms with E-state index in [1.807, 2.05) is 37.3 Å². The second kappa shape index (κ2) is 9.25. The van der Waals surface area contributed by atoms with Gasteiger partial charge in [-0.1, -0.05) is 24.8 Å². The van der Waals surface area contributed by atoms with Crippen molar-refractivity contribution in [3.63, 3.8) is 0 Å². The smallest absolute Gasteiger partial charge is 0.335 e. The maximum Gasteiger partial charge on any atom is 0.335 e. The molecule has 0 unspecified atom stereocenters. The quantitative estimate of drug-likeness (QED) is 0.536. The number of carbonyl (C=O) groups excluding carboxylic acids is 1.